The molecule has 1 aliphatic carbocycles. The normalized spacial score (nSPS) is 15.4. The van der Waals surface area contributed by atoms with Crippen LogP contribution in [0.2, 0.25) is 0 Å². The van der Waals surface area contributed by atoms with Gasteiger partial charge in [-0.3, -0.25) is 0 Å². The molecule has 11 rings (SSSR count). The van der Waals surface area contributed by atoms with Gasteiger partial charge in [0.2, 0.25) is 0 Å². The molecule has 4 nitrogen and oxygen atoms in total. The molecule has 0 unspecified atom stereocenters. The summed E-state index contributed by atoms with van der Waals surface area (Å²) in [5, 5.41) is 0.970. The predicted molar refractivity (Wildman–Crippen MR) is 350 cm³/mol. The van der Waals surface area contributed by atoms with Gasteiger partial charge in [0.15, 0.2) is 0 Å². The lowest BCUT2D eigenvalue weighted by Gasteiger charge is -2.47. The predicted octanol–water partition coefficient (Wildman–Crippen LogP) is 4.16. The summed E-state index contributed by atoms with van der Waals surface area (Å²) in [6, 6.07) is 33.5. The van der Waals surface area contributed by atoms with Crippen LogP contribution in [0.4, 0.5) is 51.2 Å². The Bertz CT molecular complexity index is 3750. The van der Waals surface area contributed by atoms with Gasteiger partial charge in [-0.15, -0.1) is 32.8 Å². The molecule has 15 heteroatoms. The van der Waals surface area contributed by atoms with E-state index in [-0.39, 0.29) is 93.1 Å². The third-order valence-corrected chi connectivity index (χ3v) is 17.5. The zero-order chi connectivity index (χ0) is 57.3. The molecule has 20 radical (unpaired) electrons. The highest BCUT2D eigenvalue weighted by atomic mass is 16.3. The SMILES string of the molecule is [B]c1c([B])c([B])c(N(c2cc3c4c(c2)N(c2ccc(C(C)(C)C)cc2)c2c(oc5ccc(C(C)(C)C)cc25)B4c2cc4c(cc2N3c2ccc(C(C)(C)C)cc2)C(C)(C)CCC4(C)C)c2c([B])c([B])c([B])c([B])c2[B])c([B])c1[B]. The summed E-state index contributed by atoms with van der Waals surface area (Å²) in [7, 11) is 68.9. The Labute approximate surface area is 483 Å². The lowest BCUT2D eigenvalue weighted by molar-refractivity contribution is 0.332. The molecule has 368 valence electrons. The van der Waals surface area contributed by atoms with Crippen molar-refractivity contribution in [1.82, 2.24) is 0 Å². The first kappa shape index (κ1) is 55.1. The number of hydrogen-bond donors (Lipinski definition) is 0. The summed E-state index contributed by atoms with van der Waals surface area (Å²) in [6.45, 7) is 29.1. The van der Waals surface area contributed by atoms with Crippen LogP contribution in [0.15, 0.2) is 95.4 Å². The standard InChI is InChI=1S/C64H58B11N3O/c1-60(2,3)31-14-19-34(20-15-31)76-41-30-39-38(63(10,11)24-25-64(39,12)13)29-40(41)75-55-42(76)27-36(78(57-51(71)47(67)45(65)48(68)52(57)72)58-53(73)49(69)46(66)50(70)54(58)74)28-43(55)77(35-21-16-32(17-22-35)61(4,5)6)56-37-26-33(62(7,8)9)18-23-44(37)79-59(56)75/h14-23,26-30H,24-25H2,1-13H3. The van der Waals surface area contributed by atoms with Gasteiger partial charge in [0, 0.05) is 45.2 Å². The van der Waals surface area contributed by atoms with Crippen molar-refractivity contribution in [2.45, 2.75) is 130 Å². The fraction of sp³-hybridized carbons (Fsp3) is 0.312. The van der Waals surface area contributed by atoms with E-state index in [9.17, 15) is 0 Å². The van der Waals surface area contributed by atoms with Gasteiger partial charge in [-0.05, 0) is 133 Å². The molecule has 79 heavy (non-hydrogen) atoms. The molecule has 2 aliphatic heterocycles. The number of benzene rings is 7. The smallest absolute Gasteiger partial charge is 0.297 e. The quantitative estimate of drug-likeness (QED) is 0.242. The number of anilines is 9. The first-order chi connectivity index (χ1) is 36.7. The van der Waals surface area contributed by atoms with Crippen LogP contribution in [0, 0.1) is 0 Å². The summed E-state index contributed by atoms with van der Waals surface area (Å²) < 4.78 is 7.46. The maximum Gasteiger partial charge on any atom is 0.297 e. The second kappa shape index (κ2) is 18.4. The maximum atomic E-state index is 7.46. The van der Waals surface area contributed by atoms with E-state index in [1.54, 1.807) is 4.90 Å². The average Bonchev–Trinajstić information content (AvgIpc) is 4.01. The summed E-state index contributed by atoms with van der Waals surface area (Å²) in [4.78, 5) is 6.49. The van der Waals surface area contributed by atoms with E-state index >= 15 is 0 Å². The molecule has 0 N–H and O–H groups in total. The molecule has 0 fully saturated rings. The molecule has 7 aromatic carbocycles. The number of hydrogen-bond acceptors (Lipinski definition) is 4. The van der Waals surface area contributed by atoms with Crippen LogP contribution in [0.25, 0.3) is 11.0 Å². The minimum atomic E-state index is -0.416. The van der Waals surface area contributed by atoms with Gasteiger partial charge < -0.3 is 19.1 Å². The van der Waals surface area contributed by atoms with E-state index in [1.165, 1.54) is 27.8 Å². The second-order valence-corrected chi connectivity index (χ2v) is 26.8. The molecule has 8 aromatic rings. The van der Waals surface area contributed by atoms with Gasteiger partial charge in [-0.1, -0.05) is 148 Å². The van der Waals surface area contributed by atoms with Crippen LogP contribution < -0.4 is 85.9 Å². The van der Waals surface area contributed by atoms with Crippen LogP contribution >= 0.6 is 0 Å². The number of nitrogens with zero attached hydrogens (tertiary/aromatic N) is 3. The molecule has 0 saturated heterocycles. The van der Waals surface area contributed by atoms with E-state index in [1.807, 2.05) is 0 Å². The van der Waals surface area contributed by atoms with Crippen molar-refractivity contribution in [3.05, 3.63) is 119 Å². The highest BCUT2D eigenvalue weighted by Gasteiger charge is 2.50. The van der Waals surface area contributed by atoms with Gasteiger partial charge in [-0.25, -0.2) is 0 Å². The highest BCUT2D eigenvalue weighted by Crippen LogP contribution is 2.53. The number of furan rings is 1. The van der Waals surface area contributed by atoms with Gasteiger partial charge >= 0.3 is 0 Å². The minimum Gasteiger partial charge on any atom is -0.468 e. The molecule has 0 bridgehead atoms. The van der Waals surface area contributed by atoms with Crippen molar-refractivity contribution in [2.24, 2.45) is 0 Å². The van der Waals surface area contributed by atoms with Gasteiger partial charge in [-0.2, -0.15) is 0 Å². The van der Waals surface area contributed by atoms with E-state index < -0.39 is 6.71 Å². The van der Waals surface area contributed by atoms with Gasteiger partial charge in [0.1, 0.15) is 84.0 Å². The Kier molecular flexibility index (Phi) is 12.8. The lowest BCUT2D eigenvalue weighted by atomic mass is 9.35. The summed E-state index contributed by atoms with van der Waals surface area (Å²) in [5.74, 6) is 0. The second-order valence-electron chi connectivity index (χ2n) is 26.8. The van der Waals surface area contributed by atoms with E-state index in [0.29, 0.717) is 5.69 Å². The first-order valence-corrected chi connectivity index (χ1v) is 27.3. The van der Waals surface area contributed by atoms with E-state index in [2.05, 4.69) is 191 Å². The molecule has 3 aliphatic rings. The number of fused-ring (bicyclic) bond motifs is 7. The topological polar surface area (TPSA) is 22.9 Å². The Balaban J connectivity index is 1.37. The van der Waals surface area contributed by atoms with Crippen molar-refractivity contribution in [3.63, 3.8) is 0 Å². The Morgan fingerprint density at radius 1 is 0.456 bits per heavy atom. The highest BCUT2D eigenvalue weighted by molar-refractivity contribution is 7.00. The monoisotopic (exact) mass is 1010 g/mol. The van der Waals surface area contributed by atoms with E-state index in [4.69, 9.17) is 82.9 Å². The fourth-order valence-electron chi connectivity index (χ4n) is 12.4. The molecular formula is C64H58B11N3O. The summed E-state index contributed by atoms with van der Waals surface area (Å²) in [5.41, 5.74) is 15.8. The van der Waals surface area contributed by atoms with Crippen LogP contribution in [0.1, 0.15) is 131 Å². The average molecular weight is 1000 g/mol. The summed E-state index contributed by atoms with van der Waals surface area (Å²) >= 11 is 0. The van der Waals surface area contributed by atoms with Crippen LogP contribution in [-0.2, 0) is 27.1 Å². The zero-order valence-electron chi connectivity index (χ0n) is 48.2. The molecule has 3 heterocycles. The van der Waals surface area contributed by atoms with Crippen LogP contribution in [-0.4, -0.2) is 85.2 Å². The largest absolute Gasteiger partial charge is 0.468 e. The van der Waals surface area contributed by atoms with Gasteiger partial charge in [0.25, 0.3) is 6.71 Å². The lowest BCUT2D eigenvalue weighted by Crippen LogP contribution is -2.61. The van der Waals surface area contributed by atoms with Crippen molar-refractivity contribution in [3.8, 4) is 0 Å². The Morgan fingerprint density at radius 3 is 1.29 bits per heavy atom. The van der Waals surface area contributed by atoms with Crippen LogP contribution in [0.5, 0.6) is 0 Å². The van der Waals surface area contributed by atoms with Crippen molar-refractivity contribution in [1.29, 1.82) is 0 Å². The Hall–Kier alpha value is -5.81. The number of rotatable bonds is 5. The maximum absolute atomic E-state index is 7.46. The molecule has 0 saturated carbocycles. The summed E-state index contributed by atoms with van der Waals surface area (Å²) in [6.07, 6.45) is 2.06. The zero-order valence-corrected chi connectivity index (χ0v) is 48.2. The minimum absolute atomic E-state index is 0.0223. The van der Waals surface area contributed by atoms with Crippen LogP contribution in [0.3, 0.4) is 0 Å². The molecule has 0 spiro atoms. The van der Waals surface area contributed by atoms with Crippen molar-refractivity contribution < 1.29 is 4.42 Å². The van der Waals surface area contributed by atoms with Crippen molar-refractivity contribution >= 4 is 219 Å². The fourth-order valence-corrected chi connectivity index (χ4v) is 12.4. The third-order valence-electron chi connectivity index (χ3n) is 17.5. The third kappa shape index (κ3) is 8.53. The molecule has 0 amide bonds. The Morgan fingerprint density at radius 2 is 0.848 bits per heavy atom. The van der Waals surface area contributed by atoms with E-state index in [0.717, 1.165) is 74.5 Å². The first-order valence-electron chi connectivity index (χ1n) is 27.3. The molecule has 0 atom stereocenters. The van der Waals surface area contributed by atoms with Gasteiger partial charge in [0.05, 0.1) is 17.0 Å². The molecule has 1 aromatic heterocycles. The molecular weight excluding hydrogens is 946 g/mol. The van der Waals surface area contributed by atoms with Crippen molar-refractivity contribution in [2.75, 3.05) is 14.7 Å².